The number of amides is 2. The Labute approximate surface area is 200 Å². The maximum Gasteiger partial charge on any atom is 0.490 e. The molecule has 2 amide bonds. The highest BCUT2D eigenvalue weighted by Gasteiger charge is 2.43. The molecule has 10 nitrogen and oxygen atoms in total. The van der Waals surface area contributed by atoms with Crippen molar-refractivity contribution in [3.8, 4) is 0 Å². The number of hydrogen-bond donors (Lipinski definition) is 4. The fraction of sp³-hybridized carbons (Fsp3) is 0.476. The van der Waals surface area contributed by atoms with E-state index in [1.165, 1.54) is 23.5 Å². The summed E-state index contributed by atoms with van der Waals surface area (Å²) in [5.74, 6) is -3.20. The second kappa shape index (κ2) is 11.2. The van der Waals surface area contributed by atoms with E-state index in [4.69, 9.17) is 9.90 Å². The fourth-order valence-electron chi connectivity index (χ4n) is 3.21. The molecule has 2 aliphatic heterocycles. The molecule has 35 heavy (non-hydrogen) atoms. The van der Waals surface area contributed by atoms with Crippen molar-refractivity contribution in [3.63, 3.8) is 0 Å². The summed E-state index contributed by atoms with van der Waals surface area (Å²) in [5, 5.41) is 16.0. The molecule has 2 bridgehead atoms. The number of nitrogens with zero attached hydrogens (tertiary/aromatic N) is 1. The van der Waals surface area contributed by atoms with Crippen molar-refractivity contribution in [2.24, 2.45) is 5.41 Å². The fourth-order valence-corrected chi connectivity index (χ4v) is 4.38. The average molecular weight is 521 g/mol. The molecule has 1 saturated heterocycles. The average Bonchev–Trinajstić information content (AvgIpc) is 2.75. The topological polar surface area (TPSA) is 145 Å². The lowest BCUT2D eigenvalue weighted by molar-refractivity contribution is -0.192. The van der Waals surface area contributed by atoms with Gasteiger partial charge in [0, 0.05) is 44.8 Å². The van der Waals surface area contributed by atoms with Crippen molar-refractivity contribution in [1.29, 1.82) is 0 Å². The third-order valence-electron chi connectivity index (χ3n) is 5.44. The number of carbonyl (C=O) groups is 3. The van der Waals surface area contributed by atoms with E-state index in [1.807, 2.05) is 13.0 Å². The highest BCUT2D eigenvalue weighted by molar-refractivity contribution is 7.89. The number of likely N-dealkylation sites (N-methyl/N-ethyl adjacent to an activating group) is 1. The molecule has 0 unspecified atom stereocenters. The smallest absolute Gasteiger partial charge is 0.475 e. The van der Waals surface area contributed by atoms with Crippen LogP contribution in [0, 0.1) is 5.41 Å². The summed E-state index contributed by atoms with van der Waals surface area (Å²) in [6.07, 6.45) is -0.938. The number of allylic oxidation sites excluding steroid dienone is 1. The van der Waals surface area contributed by atoms with Gasteiger partial charge in [0.05, 0.1) is 10.3 Å². The lowest BCUT2D eigenvalue weighted by atomic mass is 9.77. The van der Waals surface area contributed by atoms with Gasteiger partial charge in [-0.25, -0.2) is 13.2 Å². The van der Waals surface area contributed by atoms with E-state index in [1.54, 1.807) is 18.2 Å². The Morgan fingerprint density at radius 2 is 1.83 bits per heavy atom. The zero-order chi connectivity index (χ0) is 26.4. The maximum absolute atomic E-state index is 12.8. The zero-order valence-corrected chi connectivity index (χ0v) is 19.9. The second-order valence-corrected chi connectivity index (χ2v) is 10.3. The number of carboxylic acids is 1. The molecule has 0 aromatic heterocycles. The lowest BCUT2D eigenvalue weighted by Gasteiger charge is -2.41. The SMILES string of the molecule is C[C@@H]1CNC(=O)c2cccc(c2)S(=O)(=O)N(C)C/C=C/CC2(CNC2)C(=O)N1.O=C(O)C(F)(F)F. The summed E-state index contributed by atoms with van der Waals surface area (Å²) in [7, 11) is -2.23. The van der Waals surface area contributed by atoms with Crippen LogP contribution in [0.4, 0.5) is 13.2 Å². The molecule has 4 N–H and O–H groups in total. The molecule has 194 valence electrons. The number of rotatable bonds is 0. The van der Waals surface area contributed by atoms with E-state index in [-0.39, 0.29) is 41.4 Å². The van der Waals surface area contributed by atoms with Gasteiger partial charge in [-0.05, 0) is 31.5 Å². The second-order valence-electron chi connectivity index (χ2n) is 8.26. The van der Waals surface area contributed by atoms with E-state index >= 15 is 0 Å². The van der Waals surface area contributed by atoms with Gasteiger partial charge >= 0.3 is 12.1 Å². The molecule has 1 spiro atoms. The molecule has 1 aromatic carbocycles. The molecule has 3 rings (SSSR count). The van der Waals surface area contributed by atoms with Crippen molar-refractivity contribution in [1.82, 2.24) is 20.3 Å². The number of carboxylic acid groups (broad SMARTS) is 1. The quantitative estimate of drug-likeness (QED) is 0.369. The third-order valence-corrected chi connectivity index (χ3v) is 7.26. The van der Waals surface area contributed by atoms with Crippen LogP contribution in [0.2, 0.25) is 0 Å². The van der Waals surface area contributed by atoms with Gasteiger partial charge in [0.2, 0.25) is 15.9 Å². The highest BCUT2D eigenvalue weighted by atomic mass is 32.2. The van der Waals surface area contributed by atoms with Crippen molar-refractivity contribution in [2.45, 2.75) is 30.5 Å². The Kier molecular flexibility index (Phi) is 9.03. The number of fused-ring (bicyclic) bond motifs is 2. The minimum Gasteiger partial charge on any atom is -0.475 e. The first kappa shape index (κ1) is 28.3. The minimum absolute atomic E-state index is 0.0623. The standard InChI is InChI=1S/C19H26N4O4S.C2HF3O2/c1-14-11-21-17(24)15-6-5-7-16(10-15)28(26,27)23(2)9-4-3-8-19(12-20-13-19)18(25)22-14;3-2(4,5)1(6)7/h3-7,10,14,20H,8-9,11-13H2,1-2H3,(H,21,24)(H,22,25);(H,6,7)/b4-3+;/t14-;/m1./s1. The number of hydrogen-bond acceptors (Lipinski definition) is 6. The normalized spacial score (nSPS) is 23.6. The minimum atomic E-state index is -5.08. The maximum atomic E-state index is 12.8. The van der Waals surface area contributed by atoms with Crippen molar-refractivity contribution < 1.29 is 41.1 Å². The first-order chi connectivity index (χ1) is 16.2. The van der Waals surface area contributed by atoms with Crippen molar-refractivity contribution in [2.75, 3.05) is 33.2 Å². The Hall–Kier alpha value is -2.97. The largest absolute Gasteiger partial charge is 0.490 e. The third kappa shape index (κ3) is 7.26. The van der Waals surface area contributed by atoms with E-state index in [0.29, 0.717) is 19.5 Å². The molecular weight excluding hydrogens is 493 g/mol. The highest BCUT2D eigenvalue weighted by Crippen LogP contribution is 2.28. The lowest BCUT2D eigenvalue weighted by Crippen LogP contribution is -2.62. The Morgan fingerprint density at radius 1 is 1.20 bits per heavy atom. The number of nitrogens with one attached hydrogen (secondary N) is 3. The van der Waals surface area contributed by atoms with Crippen LogP contribution < -0.4 is 16.0 Å². The zero-order valence-electron chi connectivity index (χ0n) is 19.1. The van der Waals surface area contributed by atoms with Crippen LogP contribution in [0.3, 0.4) is 0 Å². The van der Waals surface area contributed by atoms with Gasteiger partial charge in [0.15, 0.2) is 0 Å². The van der Waals surface area contributed by atoms with Crippen LogP contribution >= 0.6 is 0 Å². The van der Waals surface area contributed by atoms with E-state index in [0.717, 1.165) is 0 Å². The Morgan fingerprint density at radius 3 is 2.37 bits per heavy atom. The molecule has 1 aromatic rings. The number of aliphatic carboxylic acids is 1. The molecule has 0 aliphatic carbocycles. The molecule has 1 atom stereocenters. The van der Waals surface area contributed by atoms with Gasteiger partial charge in [-0.1, -0.05) is 18.2 Å². The van der Waals surface area contributed by atoms with Crippen LogP contribution in [-0.4, -0.2) is 81.1 Å². The Balaban J connectivity index is 0.000000540. The van der Waals surface area contributed by atoms with Crippen LogP contribution in [0.25, 0.3) is 0 Å². The van der Waals surface area contributed by atoms with Gasteiger partial charge in [0.1, 0.15) is 0 Å². The van der Waals surface area contributed by atoms with Crippen molar-refractivity contribution in [3.05, 3.63) is 42.0 Å². The number of halogens is 3. The summed E-state index contributed by atoms with van der Waals surface area (Å²) in [6, 6.07) is 5.72. The van der Waals surface area contributed by atoms with Crippen LogP contribution in [0.5, 0.6) is 0 Å². The molecule has 2 aliphatic rings. The molecular formula is C21H27F3N4O6S. The first-order valence-corrected chi connectivity index (χ1v) is 11.9. The monoisotopic (exact) mass is 520 g/mol. The molecule has 1 fully saturated rings. The first-order valence-electron chi connectivity index (χ1n) is 10.5. The number of sulfonamides is 1. The van der Waals surface area contributed by atoms with Gasteiger partial charge in [0.25, 0.3) is 5.91 Å². The summed E-state index contributed by atoms with van der Waals surface area (Å²) in [5.41, 5.74) is -0.275. The van der Waals surface area contributed by atoms with E-state index in [9.17, 15) is 31.2 Å². The van der Waals surface area contributed by atoms with Crippen molar-refractivity contribution >= 4 is 27.8 Å². The summed E-state index contributed by atoms with van der Waals surface area (Å²) >= 11 is 0. The number of benzene rings is 1. The van der Waals surface area contributed by atoms with Gasteiger partial charge in [-0.2, -0.15) is 17.5 Å². The van der Waals surface area contributed by atoms with Gasteiger partial charge in [-0.3, -0.25) is 9.59 Å². The van der Waals surface area contributed by atoms with E-state index < -0.39 is 27.6 Å². The summed E-state index contributed by atoms with van der Waals surface area (Å²) < 4.78 is 58.5. The number of carbonyl (C=O) groups excluding carboxylic acids is 2. The predicted octanol–water partition coefficient (Wildman–Crippen LogP) is 0.724. The summed E-state index contributed by atoms with van der Waals surface area (Å²) in [4.78, 5) is 34.1. The van der Waals surface area contributed by atoms with E-state index in [2.05, 4.69) is 16.0 Å². The molecule has 2 heterocycles. The van der Waals surface area contributed by atoms with Gasteiger partial charge < -0.3 is 21.1 Å². The van der Waals surface area contributed by atoms with Gasteiger partial charge in [-0.15, -0.1) is 0 Å². The van der Waals surface area contributed by atoms with Crippen LogP contribution in [0.1, 0.15) is 23.7 Å². The van der Waals surface area contributed by atoms with Crippen LogP contribution in [-0.2, 0) is 19.6 Å². The Bertz CT molecular complexity index is 1090. The van der Waals surface area contributed by atoms with Crippen LogP contribution in [0.15, 0.2) is 41.3 Å². The predicted molar refractivity (Wildman–Crippen MR) is 119 cm³/mol. The molecule has 14 heteroatoms. The molecule has 0 radical (unpaired) electrons. The molecule has 0 saturated carbocycles. The number of alkyl halides is 3. The summed E-state index contributed by atoms with van der Waals surface area (Å²) in [6.45, 7) is 3.40.